The van der Waals surface area contributed by atoms with Gasteiger partial charge in [0.2, 0.25) is 11.7 Å². The van der Waals surface area contributed by atoms with E-state index in [-0.39, 0.29) is 0 Å². The lowest BCUT2D eigenvalue weighted by Crippen LogP contribution is -2.30. The molecule has 2 aromatic carbocycles. The second-order valence-electron chi connectivity index (χ2n) is 5.32. The second-order valence-corrected chi connectivity index (χ2v) is 7.05. The molecule has 5 nitrogen and oxygen atoms in total. The van der Waals surface area contributed by atoms with Gasteiger partial charge in [0.15, 0.2) is 5.11 Å². The van der Waals surface area contributed by atoms with Gasteiger partial charge in [0.1, 0.15) is 0 Å². The Morgan fingerprint density at radius 3 is 2.76 bits per heavy atom. The summed E-state index contributed by atoms with van der Waals surface area (Å²) in [4.78, 5) is 6.24. The number of hydrogen-bond acceptors (Lipinski definition) is 4. The van der Waals surface area contributed by atoms with Gasteiger partial charge in [-0.25, -0.2) is 0 Å². The first-order valence-corrected chi connectivity index (χ1v) is 8.95. The van der Waals surface area contributed by atoms with E-state index in [1.165, 1.54) is 0 Å². The van der Waals surface area contributed by atoms with E-state index in [4.69, 9.17) is 28.3 Å². The molecular weight excluding hydrogens is 424 g/mol. The van der Waals surface area contributed by atoms with Crippen molar-refractivity contribution in [1.82, 2.24) is 15.0 Å². The molecule has 1 heterocycles. The Morgan fingerprint density at radius 1 is 1.28 bits per heavy atom. The highest BCUT2D eigenvalue weighted by atomic mass is 79.9. The highest BCUT2D eigenvalue weighted by Crippen LogP contribution is 2.20. The van der Waals surface area contributed by atoms with E-state index in [1.807, 2.05) is 48.3 Å². The van der Waals surface area contributed by atoms with Crippen molar-refractivity contribution in [2.24, 2.45) is 0 Å². The molecule has 0 aliphatic rings. The average Bonchev–Trinajstić information content (AvgIpc) is 3.05. The molecule has 0 radical (unpaired) electrons. The van der Waals surface area contributed by atoms with E-state index < -0.39 is 0 Å². The minimum absolute atomic E-state index is 0.403. The molecule has 3 rings (SSSR count). The summed E-state index contributed by atoms with van der Waals surface area (Å²) in [5.74, 6) is 1.03. The summed E-state index contributed by atoms with van der Waals surface area (Å²) in [5, 5.41) is 8.38. The fourth-order valence-electron chi connectivity index (χ4n) is 2.09. The van der Waals surface area contributed by atoms with Gasteiger partial charge in [-0.05, 0) is 48.6 Å². The number of thiocarbonyl (C=S) groups is 1. The molecule has 0 aliphatic carbocycles. The van der Waals surface area contributed by atoms with Gasteiger partial charge in [0.25, 0.3) is 0 Å². The van der Waals surface area contributed by atoms with Crippen LogP contribution in [0.4, 0.5) is 5.69 Å². The second kappa shape index (κ2) is 7.95. The molecule has 1 N–H and O–H groups in total. The molecule has 0 aliphatic heterocycles. The van der Waals surface area contributed by atoms with Gasteiger partial charge in [-0.2, -0.15) is 4.98 Å². The summed E-state index contributed by atoms with van der Waals surface area (Å²) in [6, 6.07) is 15.1. The normalized spacial score (nSPS) is 10.5. The summed E-state index contributed by atoms with van der Waals surface area (Å²) in [6.07, 6.45) is 0. The van der Waals surface area contributed by atoms with Crippen LogP contribution in [-0.4, -0.2) is 27.2 Å². The van der Waals surface area contributed by atoms with Crippen LogP contribution >= 0.6 is 39.7 Å². The summed E-state index contributed by atoms with van der Waals surface area (Å²) in [5.41, 5.74) is 1.75. The van der Waals surface area contributed by atoms with Crippen LogP contribution < -0.4 is 5.32 Å². The molecule has 0 unspecified atom stereocenters. The maximum atomic E-state index is 5.88. The zero-order chi connectivity index (χ0) is 17.8. The zero-order valence-corrected chi connectivity index (χ0v) is 16.4. The largest absolute Gasteiger partial charge is 0.343 e. The van der Waals surface area contributed by atoms with Gasteiger partial charge >= 0.3 is 0 Å². The number of halogens is 2. The lowest BCUT2D eigenvalue weighted by atomic mass is 10.2. The number of nitrogens with zero attached hydrogens (tertiary/aromatic N) is 3. The first kappa shape index (κ1) is 17.8. The molecule has 0 fully saturated rings. The van der Waals surface area contributed by atoms with Crippen molar-refractivity contribution in [3.63, 3.8) is 0 Å². The molecule has 25 heavy (non-hydrogen) atoms. The summed E-state index contributed by atoms with van der Waals surface area (Å²) in [7, 11) is 1.86. The Labute approximate surface area is 164 Å². The predicted octanol–water partition coefficient (Wildman–Crippen LogP) is 4.98. The van der Waals surface area contributed by atoms with Crippen LogP contribution in [0.15, 0.2) is 57.5 Å². The first-order chi connectivity index (χ1) is 12.0. The Kier molecular flexibility index (Phi) is 5.67. The molecule has 128 valence electrons. The Hall–Kier alpha value is -1.96. The van der Waals surface area contributed by atoms with Crippen LogP contribution in [0.3, 0.4) is 0 Å². The fourth-order valence-corrected chi connectivity index (χ4v) is 2.80. The minimum atomic E-state index is 0.403. The molecule has 0 atom stereocenters. The van der Waals surface area contributed by atoms with E-state index in [0.29, 0.717) is 28.4 Å². The van der Waals surface area contributed by atoms with Crippen LogP contribution in [0.5, 0.6) is 0 Å². The number of aromatic nitrogens is 2. The first-order valence-electron chi connectivity index (χ1n) is 7.37. The molecule has 0 bridgehead atoms. The van der Waals surface area contributed by atoms with E-state index in [1.54, 1.807) is 12.1 Å². The van der Waals surface area contributed by atoms with E-state index >= 15 is 0 Å². The van der Waals surface area contributed by atoms with Crippen LogP contribution in [0.25, 0.3) is 11.4 Å². The number of hydrogen-bond donors (Lipinski definition) is 1. The van der Waals surface area contributed by atoms with Crippen molar-refractivity contribution in [2.75, 3.05) is 12.4 Å². The van der Waals surface area contributed by atoms with E-state index in [0.717, 1.165) is 15.7 Å². The number of benzene rings is 2. The maximum Gasteiger partial charge on any atom is 0.246 e. The highest BCUT2D eigenvalue weighted by Gasteiger charge is 2.13. The third kappa shape index (κ3) is 4.78. The van der Waals surface area contributed by atoms with Gasteiger partial charge in [-0.1, -0.05) is 44.8 Å². The Morgan fingerprint density at radius 2 is 2.04 bits per heavy atom. The molecule has 8 heteroatoms. The molecule has 0 saturated heterocycles. The summed E-state index contributed by atoms with van der Waals surface area (Å²) < 4.78 is 6.28. The fraction of sp³-hybridized carbons (Fsp3) is 0.118. The van der Waals surface area contributed by atoms with Gasteiger partial charge in [-0.15, -0.1) is 0 Å². The monoisotopic (exact) mass is 436 g/mol. The third-order valence-electron chi connectivity index (χ3n) is 3.37. The van der Waals surface area contributed by atoms with Crippen LogP contribution in [-0.2, 0) is 6.54 Å². The molecule has 3 aromatic rings. The predicted molar refractivity (Wildman–Crippen MR) is 107 cm³/mol. The lowest BCUT2D eigenvalue weighted by molar-refractivity contribution is 0.336. The van der Waals surface area contributed by atoms with Crippen LogP contribution in [0, 0.1) is 0 Å². The highest BCUT2D eigenvalue weighted by molar-refractivity contribution is 9.10. The topological polar surface area (TPSA) is 54.2 Å². The minimum Gasteiger partial charge on any atom is -0.343 e. The molecular formula is C17H14BrClN4OS. The smallest absolute Gasteiger partial charge is 0.246 e. The van der Waals surface area contributed by atoms with Gasteiger partial charge in [0.05, 0.1) is 6.54 Å². The average molecular weight is 438 g/mol. The Balaban J connectivity index is 1.64. The molecule has 1 aromatic heterocycles. The molecule has 0 spiro atoms. The van der Waals surface area contributed by atoms with Gasteiger partial charge in [-0.3, -0.25) is 0 Å². The van der Waals surface area contributed by atoms with Gasteiger partial charge in [0, 0.05) is 27.8 Å². The van der Waals surface area contributed by atoms with E-state index in [2.05, 4.69) is 31.4 Å². The quantitative estimate of drug-likeness (QED) is 0.581. The van der Waals surface area contributed by atoms with Crippen molar-refractivity contribution in [3.8, 4) is 11.4 Å². The summed E-state index contributed by atoms with van der Waals surface area (Å²) in [6.45, 7) is 0.403. The maximum absolute atomic E-state index is 5.88. The zero-order valence-electron chi connectivity index (χ0n) is 13.2. The SMILES string of the molecule is CN(Cc1nc(-c2cccc(Br)c2)no1)C(=S)Nc1ccc(Cl)cc1. The van der Waals surface area contributed by atoms with Crippen molar-refractivity contribution in [2.45, 2.75) is 6.54 Å². The van der Waals surface area contributed by atoms with E-state index in [9.17, 15) is 0 Å². The standard InChI is InChI=1S/C17H14BrClN4OS/c1-23(17(25)20-14-7-5-13(19)6-8-14)10-15-21-16(22-24-15)11-3-2-4-12(18)9-11/h2-9H,10H2,1H3,(H,20,25). The summed E-state index contributed by atoms with van der Waals surface area (Å²) >= 11 is 14.7. The van der Waals surface area contributed by atoms with Crippen LogP contribution in [0.2, 0.25) is 5.02 Å². The van der Waals surface area contributed by atoms with Crippen molar-refractivity contribution < 1.29 is 4.52 Å². The number of anilines is 1. The van der Waals surface area contributed by atoms with Crippen LogP contribution in [0.1, 0.15) is 5.89 Å². The number of rotatable bonds is 4. The molecule has 0 amide bonds. The molecule has 0 saturated carbocycles. The number of nitrogens with one attached hydrogen (secondary N) is 1. The van der Waals surface area contributed by atoms with Crippen molar-refractivity contribution in [1.29, 1.82) is 0 Å². The van der Waals surface area contributed by atoms with Gasteiger partial charge < -0.3 is 14.7 Å². The Bertz CT molecular complexity index is 884. The van der Waals surface area contributed by atoms with Crippen molar-refractivity contribution in [3.05, 3.63) is 63.9 Å². The lowest BCUT2D eigenvalue weighted by Gasteiger charge is -2.19. The van der Waals surface area contributed by atoms with Crippen molar-refractivity contribution >= 4 is 50.5 Å². The third-order valence-corrected chi connectivity index (χ3v) is 4.52.